The summed E-state index contributed by atoms with van der Waals surface area (Å²) in [5, 5.41) is 16.2. The molecule has 0 aliphatic heterocycles. The SMILES string of the molecule is O=C(O)CCCCc1nnc(-c2ccc(F)c(Cl)c2)o1. The van der Waals surface area contributed by atoms with Gasteiger partial charge in [0.15, 0.2) is 0 Å². The van der Waals surface area contributed by atoms with E-state index in [2.05, 4.69) is 10.2 Å². The standard InChI is InChI=1S/C13H12ClFN2O3/c14-9-7-8(5-6-10(9)15)13-17-16-11(20-13)3-1-2-4-12(18)19/h5-7H,1-4H2,(H,18,19). The summed E-state index contributed by atoms with van der Waals surface area (Å²) in [6, 6.07) is 4.15. The van der Waals surface area contributed by atoms with Crippen molar-refractivity contribution in [1.29, 1.82) is 0 Å². The van der Waals surface area contributed by atoms with Gasteiger partial charge in [-0.05, 0) is 31.0 Å². The molecular formula is C13H12ClFN2O3. The molecule has 1 N–H and O–H groups in total. The van der Waals surface area contributed by atoms with E-state index in [0.29, 0.717) is 30.7 Å². The number of nitrogens with zero attached hydrogens (tertiary/aromatic N) is 2. The maximum Gasteiger partial charge on any atom is 0.303 e. The molecular weight excluding hydrogens is 287 g/mol. The third kappa shape index (κ3) is 3.77. The molecule has 0 bridgehead atoms. The number of carbonyl (C=O) groups is 1. The van der Waals surface area contributed by atoms with Gasteiger partial charge in [-0.2, -0.15) is 0 Å². The van der Waals surface area contributed by atoms with Gasteiger partial charge in [0.2, 0.25) is 11.8 Å². The molecule has 0 aliphatic carbocycles. The van der Waals surface area contributed by atoms with Crippen molar-refractivity contribution in [3.05, 3.63) is 34.9 Å². The summed E-state index contributed by atoms with van der Waals surface area (Å²) >= 11 is 5.68. The van der Waals surface area contributed by atoms with E-state index in [0.717, 1.165) is 0 Å². The maximum absolute atomic E-state index is 13.0. The van der Waals surface area contributed by atoms with Gasteiger partial charge in [0, 0.05) is 18.4 Å². The Morgan fingerprint density at radius 3 is 2.85 bits per heavy atom. The van der Waals surface area contributed by atoms with Gasteiger partial charge in [0.1, 0.15) is 5.82 Å². The van der Waals surface area contributed by atoms with Crippen LogP contribution in [0.15, 0.2) is 22.6 Å². The fourth-order valence-corrected chi connectivity index (χ4v) is 1.83. The molecule has 1 heterocycles. The molecule has 5 nitrogen and oxygen atoms in total. The van der Waals surface area contributed by atoms with Crippen LogP contribution in [0.4, 0.5) is 4.39 Å². The zero-order chi connectivity index (χ0) is 14.5. The van der Waals surface area contributed by atoms with E-state index in [1.807, 2.05) is 0 Å². The van der Waals surface area contributed by atoms with Gasteiger partial charge in [-0.3, -0.25) is 4.79 Å². The molecule has 0 unspecified atom stereocenters. The molecule has 1 aromatic heterocycles. The number of halogens is 2. The smallest absolute Gasteiger partial charge is 0.303 e. The van der Waals surface area contributed by atoms with Crippen molar-refractivity contribution in [2.45, 2.75) is 25.7 Å². The van der Waals surface area contributed by atoms with E-state index in [1.165, 1.54) is 18.2 Å². The summed E-state index contributed by atoms with van der Waals surface area (Å²) in [6.07, 6.45) is 1.83. The van der Waals surface area contributed by atoms with Crippen LogP contribution >= 0.6 is 11.6 Å². The van der Waals surface area contributed by atoms with Crippen LogP contribution in [0, 0.1) is 5.82 Å². The number of benzene rings is 1. The molecule has 2 aromatic rings. The molecule has 2 rings (SSSR count). The highest BCUT2D eigenvalue weighted by Crippen LogP contribution is 2.24. The van der Waals surface area contributed by atoms with Crippen LogP contribution in [0.5, 0.6) is 0 Å². The zero-order valence-electron chi connectivity index (χ0n) is 10.5. The van der Waals surface area contributed by atoms with Crippen LogP contribution in [-0.4, -0.2) is 21.3 Å². The van der Waals surface area contributed by atoms with Crippen LogP contribution in [0.3, 0.4) is 0 Å². The fraction of sp³-hybridized carbons (Fsp3) is 0.308. The molecule has 0 radical (unpaired) electrons. The van der Waals surface area contributed by atoms with Gasteiger partial charge in [-0.25, -0.2) is 4.39 Å². The van der Waals surface area contributed by atoms with Gasteiger partial charge in [0.25, 0.3) is 0 Å². The Labute approximate surface area is 119 Å². The topological polar surface area (TPSA) is 76.2 Å². The molecule has 0 saturated carbocycles. The average Bonchev–Trinajstić information content (AvgIpc) is 2.86. The number of hydrogen-bond donors (Lipinski definition) is 1. The highest BCUT2D eigenvalue weighted by atomic mass is 35.5. The van der Waals surface area contributed by atoms with Gasteiger partial charge in [-0.1, -0.05) is 11.6 Å². The Kier molecular flexibility index (Phi) is 4.68. The van der Waals surface area contributed by atoms with Crippen LogP contribution in [0.2, 0.25) is 5.02 Å². The second-order valence-corrected chi connectivity index (χ2v) is 4.64. The molecule has 0 saturated heterocycles. The summed E-state index contributed by atoms with van der Waals surface area (Å²) in [4.78, 5) is 10.4. The first-order chi connectivity index (χ1) is 9.56. The highest BCUT2D eigenvalue weighted by molar-refractivity contribution is 6.31. The molecule has 0 amide bonds. The molecule has 1 aromatic carbocycles. The quantitative estimate of drug-likeness (QED) is 0.828. The number of aromatic nitrogens is 2. The number of rotatable bonds is 6. The summed E-state index contributed by atoms with van der Waals surface area (Å²) < 4.78 is 18.5. The zero-order valence-corrected chi connectivity index (χ0v) is 11.2. The van der Waals surface area contributed by atoms with E-state index in [1.54, 1.807) is 0 Å². The van der Waals surface area contributed by atoms with Crippen LogP contribution in [0.25, 0.3) is 11.5 Å². The van der Waals surface area contributed by atoms with Gasteiger partial charge >= 0.3 is 5.97 Å². The third-order valence-electron chi connectivity index (χ3n) is 2.66. The average molecular weight is 299 g/mol. The van der Waals surface area contributed by atoms with E-state index >= 15 is 0 Å². The summed E-state index contributed by atoms with van der Waals surface area (Å²) in [7, 11) is 0. The second-order valence-electron chi connectivity index (χ2n) is 4.23. The normalized spacial score (nSPS) is 10.7. The van der Waals surface area contributed by atoms with Crippen molar-refractivity contribution in [1.82, 2.24) is 10.2 Å². The molecule has 0 spiro atoms. The first kappa shape index (κ1) is 14.5. The first-order valence-corrected chi connectivity index (χ1v) is 6.43. The lowest BCUT2D eigenvalue weighted by Crippen LogP contribution is -1.95. The Morgan fingerprint density at radius 2 is 2.15 bits per heavy atom. The van der Waals surface area contributed by atoms with Gasteiger partial charge < -0.3 is 9.52 Å². The fourth-order valence-electron chi connectivity index (χ4n) is 1.65. The molecule has 0 aliphatic rings. The molecule has 20 heavy (non-hydrogen) atoms. The Balaban J connectivity index is 1.97. The maximum atomic E-state index is 13.0. The highest BCUT2D eigenvalue weighted by Gasteiger charge is 2.10. The van der Waals surface area contributed by atoms with Crippen LogP contribution in [0.1, 0.15) is 25.2 Å². The van der Waals surface area contributed by atoms with E-state index < -0.39 is 11.8 Å². The van der Waals surface area contributed by atoms with Crippen molar-refractivity contribution in [2.24, 2.45) is 0 Å². The van der Waals surface area contributed by atoms with Crippen molar-refractivity contribution in [3.8, 4) is 11.5 Å². The lowest BCUT2D eigenvalue weighted by molar-refractivity contribution is -0.137. The van der Waals surface area contributed by atoms with Crippen LogP contribution in [-0.2, 0) is 11.2 Å². The Bertz CT molecular complexity index is 615. The predicted molar refractivity (Wildman–Crippen MR) is 69.9 cm³/mol. The van der Waals surface area contributed by atoms with Crippen molar-refractivity contribution in [3.63, 3.8) is 0 Å². The molecule has 106 valence electrons. The Hall–Kier alpha value is -1.95. The first-order valence-electron chi connectivity index (χ1n) is 6.06. The minimum absolute atomic E-state index is 0.0105. The van der Waals surface area contributed by atoms with Crippen molar-refractivity contribution < 1.29 is 18.7 Å². The van der Waals surface area contributed by atoms with Gasteiger partial charge in [-0.15, -0.1) is 10.2 Å². The number of carboxylic acids is 1. The van der Waals surface area contributed by atoms with Crippen molar-refractivity contribution >= 4 is 17.6 Å². The lowest BCUT2D eigenvalue weighted by atomic mass is 10.2. The van der Waals surface area contributed by atoms with E-state index in [4.69, 9.17) is 21.1 Å². The summed E-state index contributed by atoms with van der Waals surface area (Å²) in [5.41, 5.74) is 0.542. The minimum Gasteiger partial charge on any atom is -0.481 e. The van der Waals surface area contributed by atoms with E-state index in [9.17, 15) is 9.18 Å². The largest absolute Gasteiger partial charge is 0.481 e. The number of carboxylic acid groups (broad SMARTS) is 1. The van der Waals surface area contributed by atoms with Gasteiger partial charge in [0.05, 0.1) is 5.02 Å². The van der Waals surface area contributed by atoms with Crippen molar-refractivity contribution in [2.75, 3.05) is 0 Å². The third-order valence-corrected chi connectivity index (χ3v) is 2.95. The Morgan fingerprint density at radius 1 is 1.35 bits per heavy atom. The molecule has 0 atom stereocenters. The number of hydrogen-bond acceptors (Lipinski definition) is 4. The monoisotopic (exact) mass is 298 g/mol. The summed E-state index contributed by atoms with van der Waals surface area (Å²) in [6.45, 7) is 0. The van der Waals surface area contributed by atoms with E-state index in [-0.39, 0.29) is 17.3 Å². The second kappa shape index (κ2) is 6.47. The molecule has 0 fully saturated rings. The predicted octanol–water partition coefficient (Wildman–Crippen LogP) is 3.33. The number of unbranched alkanes of at least 4 members (excludes halogenated alkanes) is 1. The number of aryl methyl sites for hydroxylation is 1. The van der Waals surface area contributed by atoms with Crippen LogP contribution < -0.4 is 0 Å². The number of aliphatic carboxylic acids is 1. The lowest BCUT2D eigenvalue weighted by Gasteiger charge is -1.97. The summed E-state index contributed by atoms with van der Waals surface area (Å²) in [5.74, 6) is -0.646. The minimum atomic E-state index is -0.822. The molecule has 7 heteroatoms.